The standard InChI is InChI=1S/C35H44F2N4O4/c1-20(2)14-30(40-34(44)28-12-8-10-26(38-28)11-9-13-41(6)7)35(45)39-29(19-31(42)43)27-18-24(15-23(5)33(27)37)32-21(3)16-25(36)17-22(32)4/h8,10,12,15-18,20,29-30H,9,11,13-14,19H2,1-7H3,(H,39,45)(H,40,44)(H,42,43)/t29-,30-/m0/s1. The minimum Gasteiger partial charge on any atom is -0.481 e. The number of halogens is 2. The lowest BCUT2D eigenvalue weighted by atomic mass is 9.90. The molecule has 0 aliphatic heterocycles. The number of aromatic nitrogens is 1. The van der Waals surface area contributed by atoms with Gasteiger partial charge in [0.25, 0.3) is 5.91 Å². The highest BCUT2D eigenvalue weighted by Gasteiger charge is 2.29. The van der Waals surface area contributed by atoms with Gasteiger partial charge in [0.2, 0.25) is 5.91 Å². The molecule has 3 N–H and O–H groups in total. The van der Waals surface area contributed by atoms with Crippen LogP contribution in [0.4, 0.5) is 8.78 Å². The Morgan fingerprint density at radius 1 is 0.956 bits per heavy atom. The Morgan fingerprint density at radius 3 is 2.22 bits per heavy atom. The van der Waals surface area contributed by atoms with E-state index in [-0.39, 0.29) is 29.2 Å². The van der Waals surface area contributed by atoms with Crippen LogP contribution in [0.5, 0.6) is 0 Å². The molecule has 0 aliphatic carbocycles. The number of benzene rings is 2. The van der Waals surface area contributed by atoms with Crippen LogP contribution < -0.4 is 10.6 Å². The average Bonchev–Trinajstić information content (AvgIpc) is 2.93. The third kappa shape index (κ3) is 9.91. The zero-order valence-corrected chi connectivity index (χ0v) is 27.1. The van der Waals surface area contributed by atoms with Crippen molar-refractivity contribution >= 4 is 17.8 Å². The zero-order valence-electron chi connectivity index (χ0n) is 27.1. The molecule has 0 fully saturated rings. The van der Waals surface area contributed by atoms with E-state index in [1.165, 1.54) is 18.2 Å². The minimum atomic E-state index is -1.24. The normalized spacial score (nSPS) is 12.7. The van der Waals surface area contributed by atoms with Crippen molar-refractivity contribution in [3.63, 3.8) is 0 Å². The van der Waals surface area contributed by atoms with Gasteiger partial charge in [-0.3, -0.25) is 14.4 Å². The molecule has 8 nitrogen and oxygen atoms in total. The molecule has 0 saturated heterocycles. The van der Waals surface area contributed by atoms with Crippen LogP contribution in [0.25, 0.3) is 11.1 Å². The van der Waals surface area contributed by atoms with Crippen molar-refractivity contribution in [3.05, 3.63) is 87.7 Å². The summed E-state index contributed by atoms with van der Waals surface area (Å²) in [5, 5.41) is 15.2. The van der Waals surface area contributed by atoms with Gasteiger partial charge < -0.3 is 20.6 Å². The highest BCUT2D eigenvalue weighted by Crippen LogP contribution is 2.34. The predicted octanol–water partition coefficient (Wildman–Crippen LogP) is 5.92. The van der Waals surface area contributed by atoms with Gasteiger partial charge in [-0.2, -0.15) is 0 Å². The number of hydrogen-bond acceptors (Lipinski definition) is 5. The summed E-state index contributed by atoms with van der Waals surface area (Å²) >= 11 is 0. The Bertz CT molecular complexity index is 1520. The van der Waals surface area contributed by atoms with Crippen LogP contribution in [0.15, 0.2) is 42.5 Å². The molecule has 1 aromatic heterocycles. The molecule has 2 amide bonds. The van der Waals surface area contributed by atoms with Crippen LogP contribution in [0.2, 0.25) is 0 Å². The third-order valence-electron chi connectivity index (χ3n) is 7.55. The van der Waals surface area contributed by atoms with Gasteiger partial charge in [-0.1, -0.05) is 19.9 Å². The maximum absolute atomic E-state index is 15.6. The highest BCUT2D eigenvalue weighted by molar-refractivity contribution is 5.96. The van der Waals surface area contributed by atoms with E-state index in [2.05, 4.69) is 20.5 Å². The van der Waals surface area contributed by atoms with Gasteiger partial charge in [0.15, 0.2) is 0 Å². The van der Waals surface area contributed by atoms with E-state index in [4.69, 9.17) is 0 Å². The van der Waals surface area contributed by atoms with E-state index < -0.39 is 47.9 Å². The van der Waals surface area contributed by atoms with Crippen molar-refractivity contribution in [2.45, 2.75) is 72.4 Å². The quantitative estimate of drug-likeness (QED) is 0.206. The van der Waals surface area contributed by atoms with Gasteiger partial charge in [-0.15, -0.1) is 0 Å². The Morgan fingerprint density at radius 2 is 1.62 bits per heavy atom. The fourth-order valence-electron chi connectivity index (χ4n) is 5.50. The van der Waals surface area contributed by atoms with Crippen LogP contribution in [-0.2, 0) is 16.0 Å². The van der Waals surface area contributed by atoms with Crippen molar-refractivity contribution in [1.82, 2.24) is 20.5 Å². The Balaban J connectivity index is 1.92. The number of amides is 2. The number of aliphatic carboxylic acids is 1. The number of nitrogens with one attached hydrogen (secondary N) is 2. The molecule has 242 valence electrons. The number of carboxylic acids is 1. The molecular formula is C35H44F2N4O4. The van der Waals surface area contributed by atoms with Crippen LogP contribution in [0, 0.1) is 38.3 Å². The summed E-state index contributed by atoms with van der Waals surface area (Å²) in [6.45, 7) is 9.70. The van der Waals surface area contributed by atoms with Gasteiger partial charge in [0.05, 0.1) is 12.5 Å². The van der Waals surface area contributed by atoms with Gasteiger partial charge >= 0.3 is 5.97 Å². The molecule has 0 aliphatic rings. The average molecular weight is 623 g/mol. The molecular weight excluding hydrogens is 578 g/mol. The third-order valence-corrected chi connectivity index (χ3v) is 7.55. The minimum absolute atomic E-state index is 0.00367. The van der Waals surface area contributed by atoms with Crippen LogP contribution >= 0.6 is 0 Å². The number of nitrogens with zero attached hydrogens (tertiary/aromatic N) is 2. The molecule has 1 heterocycles. The Hall–Kier alpha value is -4.18. The van der Waals surface area contributed by atoms with Gasteiger partial charge in [0.1, 0.15) is 23.4 Å². The molecule has 2 atom stereocenters. The molecule has 3 rings (SSSR count). The summed E-state index contributed by atoms with van der Waals surface area (Å²) < 4.78 is 29.7. The first-order valence-corrected chi connectivity index (χ1v) is 15.2. The first-order valence-electron chi connectivity index (χ1n) is 15.2. The Labute approximate surface area is 264 Å². The number of rotatable bonds is 14. The monoisotopic (exact) mass is 622 g/mol. The van der Waals surface area contributed by atoms with E-state index in [0.29, 0.717) is 28.7 Å². The Kier molecular flexibility index (Phi) is 12.3. The summed E-state index contributed by atoms with van der Waals surface area (Å²) in [5.74, 6) is -3.46. The van der Waals surface area contributed by atoms with Gasteiger partial charge in [0, 0.05) is 11.3 Å². The number of carboxylic acid groups (broad SMARTS) is 1. The number of carbonyl (C=O) groups excluding carboxylic acids is 2. The lowest BCUT2D eigenvalue weighted by Gasteiger charge is -2.25. The zero-order chi connectivity index (χ0) is 33.4. The lowest BCUT2D eigenvalue weighted by molar-refractivity contribution is -0.137. The smallest absolute Gasteiger partial charge is 0.305 e. The van der Waals surface area contributed by atoms with E-state index in [1.807, 2.05) is 34.0 Å². The largest absolute Gasteiger partial charge is 0.481 e. The predicted molar refractivity (Wildman–Crippen MR) is 171 cm³/mol. The second kappa shape index (κ2) is 15.7. The molecule has 0 saturated carbocycles. The van der Waals surface area contributed by atoms with E-state index in [9.17, 15) is 23.9 Å². The van der Waals surface area contributed by atoms with Crippen LogP contribution in [0.1, 0.15) is 77.6 Å². The molecule has 3 aromatic rings. The van der Waals surface area contributed by atoms with Crippen molar-refractivity contribution in [2.75, 3.05) is 20.6 Å². The molecule has 0 bridgehead atoms. The number of pyridine rings is 1. The van der Waals surface area contributed by atoms with Gasteiger partial charge in [-0.05, 0) is 131 Å². The summed E-state index contributed by atoms with van der Waals surface area (Å²) in [5.41, 5.74) is 3.71. The highest BCUT2D eigenvalue weighted by atomic mass is 19.1. The molecule has 45 heavy (non-hydrogen) atoms. The molecule has 0 unspecified atom stereocenters. The number of carbonyl (C=O) groups is 3. The summed E-state index contributed by atoms with van der Waals surface area (Å²) in [6, 6.07) is 8.79. The summed E-state index contributed by atoms with van der Waals surface area (Å²) in [7, 11) is 3.97. The number of aryl methyl sites for hydroxylation is 4. The summed E-state index contributed by atoms with van der Waals surface area (Å²) in [6.07, 6.45) is 1.22. The topological polar surface area (TPSA) is 112 Å². The molecule has 10 heteroatoms. The second-order valence-corrected chi connectivity index (χ2v) is 12.3. The molecule has 0 radical (unpaired) electrons. The summed E-state index contributed by atoms with van der Waals surface area (Å²) in [4.78, 5) is 45.4. The SMILES string of the molecule is Cc1cc(-c2c(C)cc(F)cc2C)cc([C@H](CC(=O)O)NC(=O)[C@H](CC(C)C)NC(=O)c2cccc(CCCN(C)C)n2)c1F. The fraction of sp³-hybridized carbons (Fsp3) is 0.429. The van der Waals surface area contributed by atoms with Crippen molar-refractivity contribution in [3.8, 4) is 11.1 Å². The fourth-order valence-corrected chi connectivity index (χ4v) is 5.50. The first kappa shape index (κ1) is 35.3. The van der Waals surface area contributed by atoms with Crippen LogP contribution in [0.3, 0.4) is 0 Å². The second-order valence-electron chi connectivity index (χ2n) is 12.3. The van der Waals surface area contributed by atoms with Crippen molar-refractivity contribution in [1.29, 1.82) is 0 Å². The van der Waals surface area contributed by atoms with Crippen molar-refractivity contribution in [2.24, 2.45) is 5.92 Å². The lowest BCUT2D eigenvalue weighted by Crippen LogP contribution is -2.48. The van der Waals surface area contributed by atoms with Crippen molar-refractivity contribution < 1.29 is 28.3 Å². The first-order chi connectivity index (χ1) is 21.2. The van der Waals surface area contributed by atoms with E-state index in [0.717, 1.165) is 18.7 Å². The van der Waals surface area contributed by atoms with E-state index in [1.54, 1.807) is 39.0 Å². The van der Waals surface area contributed by atoms with Gasteiger partial charge in [-0.25, -0.2) is 13.8 Å². The van der Waals surface area contributed by atoms with Crippen LogP contribution in [-0.4, -0.2) is 59.5 Å². The molecule has 0 spiro atoms. The number of hydrogen-bond donors (Lipinski definition) is 3. The van der Waals surface area contributed by atoms with E-state index >= 15 is 4.39 Å². The molecule has 2 aromatic carbocycles. The maximum Gasteiger partial charge on any atom is 0.305 e. The maximum atomic E-state index is 15.6.